The van der Waals surface area contributed by atoms with Gasteiger partial charge in [0, 0.05) is 29.1 Å². The van der Waals surface area contributed by atoms with E-state index >= 15 is 0 Å². The van der Waals surface area contributed by atoms with Crippen LogP contribution in [0.4, 0.5) is 5.69 Å². The first-order valence-corrected chi connectivity index (χ1v) is 7.57. The zero-order valence-corrected chi connectivity index (χ0v) is 12.0. The van der Waals surface area contributed by atoms with E-state index in [1.54, 1.807) is 6.07 Å². The quantitative estimate of drug-likeness (QED) is 0.599. The minimum atomic E-state index is -0.894. The number of aromatic carboxylic acids is 1. The van der Waals surface area contributed by atoms with Crippen molar-refractivity contribution in [2.24, 2.45) is 0 Å². The molecule has 0 aliphatic heterocycles. The van der Waals surface area contributed by atoms with E-state index in [1.807, 2.05) is 48.2 Å². The highest BCUT2D eigenvalue weighted by Gasteiger charge is 2.10. The van der Waals surface area contributed by atoms with E-state index in [9.17, 15) is 9.90 Å². The molecule has 0 aliphatic rings. The minimum Gasteiger partial charge on any atom is -0.478 e. The number of carboxylic acid groups (broad SMARTS) is 1. The fraction of sp³-hybridized carbons (Fsp3) is 0.188. The first-order chi connectivity index (χ1) is 9.74. The Kier molecular flexibility index (Phi) is 5.07. The molecule has 0 atom stereocenters. The monoisotopic (exact) mass is 287 g/mol. The van der Waals surface area contributed by atoms with Crippen molar-refractivity contribution in [2.75, 3.05) is 23.4 Å². The van der Waals surface area contributed by atoms with E-state index in [1.165, 1.54) is 0 Å². The summed E-state index contributed by atoms with van der Waals surface area (Å²) < 4.78 is 0. The first kappa shape index (κ1) is 14.5. The maximum absolute atomic E-state index is 11.2. The van der Waals surface area contributed by atoms with Crippen LogP contribution in [0, 0.1) is 0 Å². The lowest BCUT2D eigenvalue weighted by Crippen LogP contribution is -2.06. The van der Waals surface area contributed by atoms with Crippen LogP contribution in [0.3, 0.4) is 0 Å². The van der Waals surface area contributed by atoms with Gasteiger partial charge in [0.15, 0.2) is 0 Å². The van der Waals surface area contributed by atoms with Crippen molar-refractivity contribution in [3.63, 3.8) is 0 Å². The minimum absolute atomic E-state index is 0.340. The summed E-state index contributed by atoms with van der Waals surface area (Å²) in [4.78, 5) is 11.2. The van der Waals surface area contributed by atoms with Gasteiger partial charge in [-0.05, 0) is 17.5 Å². The first-order valence-electron chi connectivity index (χ1n) is 6.41. The van der Waals surface area contributed by atoms with Gasteiger partial charge in [-0.15, -0.1) is 6.58 Å². The summed E-state index contributed by atoms with van der Waals surface area (Å²) in [6.45, 7) is 4.53. The molecule has 3 nitrogen and oxygen atoms in total. The zero-order chi connectivity index (χ0) is 14.4. The average Bonchev–Trinajstić information content (AvgIpc) is 2.46. The molecule has 2 N–H and O–H groups in total. The molecule has 0 fully saturated rings. The average molecular weight is 287 g/mol. The van der Waals surface area contributed by atoms with E-state index in [4.69, 9.17) is 0 Å². The molecule has 0 spiro atoms. The Morgan fingerprint density at radius 1 is 1.25 bits per heavy atom. The molecule has 0 aromatic heterocycles. The number of rotatable bonds is 7. The third-order valence-corrected chi connectivity index (χ3v) is 3.92. The third kappa shape index (κ3) is 3.33. The second-order valence-electron chi connectivity index (χ2n) is 4.30. The zero-order valence-electron chi connectivity index (χ0n) is 11.1. The summed E-state index contributed by atoms with van der Waals surface area (Å²) in [5, 5.41) is 14.3. The number of fused-ring (bicyclic) bond motifs is 1. The third-order valence-electron chi connectivity index (χ3n) is 2.95. The van der Waals surface area contributed by atoms with Crippen LogP contribution in [0.15, 0.2) is 49.1 Å². The SMILES string of the molecule is C=CCSCCNc1ccc(C(=O)O)c2ccccc12. The van der Waals surface area contributed by atoms with Gasteiger partial charge < -0.3 is 10.4 Å². The van der Waals surface area contributed by atoms with Gasteiger partial charge in [0.25, 0.3) is 0 Å². The Hall–Kier alpha value is -1.94. The second-order valence-corrected chi connectivity index (χ2v) is 5.45. The fourth-order valence-corrected chi connectivity index (χ4v) is 2.64. The Labute approximate surface area is 122 Å². The van der Waals surface area contributed by atoms with Crippen molar-refractivity contribution >= 4 is 34.2 Å². The van der Waals surface area contributed by atoms with Crippen LogP contribution in [0.1, 0.15) is 10.4 Å². The molecular formula is C16H17NO2S. The molecule has 20 heavy (non-hydrogen) atoms. The van der Waals surface area contributed by atoms with Crippen molar-refractivity contribution in [2.45, 2.75) is 0 Å². The normalized spacial score (nSPS) is 10.4. The van der Waals surface area contributed by atoms with Gasteiger partial charge in [0.05, 0.1) is 5.56 Å². The van der Waals surface area contributed by atoms with Gasteiger partial charge in [-0.25, -0.2) is 4.79 Å². The molecule has 0 amide bonds. The van der Waals surface area contributed by atoms with Crippen LogP contribution in [0.25, 0.3) is 10.8 Å². The number of thioether (sulfide) groups is 1. The fourth-order valence-electron chi connectivity index (χ4n) is 2.06. The maximum Gasteiger partial charge on any atom is 0.336 e. The van der Waals surface area contributed by atoms with Crippen molar-refractivity contribution in [1.82, 2.24) is 0 Å². The Bertz CT molecular complexity index is 625. The standard InChI is InChI=1S/C16H17NO2S/c1-2-10-20-11-9-17-15-8-7-14(16(18)19)12-5-3-4-6-13(12)15/h2-8,17H,1,9-11H2,(H,18,19). The molecule has 0 aliphatic carbocycles. The predicted octanol–water partition coefficient (Wildman–Crippen LogP) is 3.87. The molecular weight excluding hydrogens is 270 g/mol. The summed E-state index contributed by atoms with van der Waals surface area (Å²) >= 11 is 1.81. The van der Waals surface area contributed by atoms with Crippen molar-refractivity contribution in [3.8, 4) is 0 Å². The molecule has 0 unspecified atom stereocenters. The number of carboxylic acids is 1. The molecule has 4 heteroatoms. The maximum atomic E-state index is 11.2. The van der Waals surface area contributed by atoms with Gasteiger partial charge in [-0.1, -0.05) is 30.3 Å². The summed E-state index contributed by atoms with van der Waals surface area (Å²) in [6.07, 6.45) is 1.89. The summed E-state index contributed by atoms with van der Waals surface area (Å²) in [5.74, 6) is 1.04. The van der Waals surface area contributed by atoms with Crippen molar-refractivity contribution in [1.29, 1.82) is 0 Å². The number of benzene rings is 2. The van der Waals surface area contributed by atoms with Crippen molar-refractivity contribution in [3.05, 3.63) is 54.6 Å². The second kappa shape index (κ2) is 7.01. The highest BCUT2D eigenvalue weighted by Crippen LogP contribution is 2.26. The summed E-state index contributed by atoms with van der Waals surface area (Å²) in [7, 11) is 0. The molecule has 2 rings (SSSR count). The highest BCUT2D eigenvalue weighted by atomic mass is 32.2. The number of hydrogen-bond donors (Lipinski definition) is 2. The smallest absolute Gasteiger partial charge is 0.336 e. The van der Waals surface area contributed by atoms with Gasteiger partial charge in [0.1, 0.15) is 0 Å². The number of nitrogens with one attached hydrogen (secondary N) is 1. The molecule has 104 valence electrons. The number of anilines is 1. The van der Waals surface area contributed by atoms with E-state index in [0.29, 0.717) is 5.56 Å². The van der Waals surface area contributed by atoms with E-state index in [0.717, 1.165) is 34.5 Å². The molecule has 0 bridgehead atoms. The lowest BCUT2D eigenvalue weighted by molar-refractivity contribution is 0.0699. The number of hydrogen-bond acceptors (Lipinski definition) is 3. The molecule has 2 aromatic rings. The Balaban J connectivity index is 2.20. The van der Waals surface area contributed by atoms with Crippen LogP contribution < -0.4 is 5.32 Å². The summed E-state index contributed by atoms with van der Waals surface area (Å²) in [6, 6.07) is 11.1. The predicted molar refractivity (Wildman–Crippen MR) is 86.9 cm³/mol. The number of carbonyl (C=O) groups is 1. The van der Waals surface area contributed by atoms with Gasteiger partial charge in [-0.3, -0.25) is 0 Å². The van der Waals surface area contributed by atoms with Crippen LogP contribution in [-0.2, 0) is 0 Å². The van der Waals surface area contributed by atoms with Gasteiger partial charge >= 0.3 is 5.97 Å². The van der Waals surface area contributed by atoms with Crippen molar-refractivity contribution < 1.29 is 9.90 Å². The topological polar surface area (TPSA) is 49.3 Å². The molecule has 0 saturated carbocycles. The van der Waals surface area contributed by atoms with E-state index in [2.05, 4.69) is 11.9 Å². The molecule has 0 heterocycles. The van der Waals surface area contributed by atoms with E-state index < -0.39 is 5.97 Å². The van der Waals surface area contributed by atoms with Crippen LogP contribution in [0.5, 0.6) is 0 Å². The van der Waals surface area contributed by atoms with Gasteiger partial charge in [-0.2, -0.15) is 11.8 Å². The van der Waals surface area contributed by atoms with Crippen LogP contribution >= 0.6 is 11.8 Å². The Morgan fingerprint density at radius 3 is 2.70 bits per heavy atom. The molecule has 0 saturated heterocycles. The summed E-state index contributed by atoms with van der Waals surface area (Å²) in [5.41, 5.74) is 1.32. The van der Waals surface area contributed by atoms with E-state index in [-0.39, 0.29) is 0 Å². The van der Waals surface area contributed by atoms with Crippen LogP contribution in [0.2, 0.25) is 0 Å². The lowest BCUT2D eigenvalue weighted by Gasteiger charge is -2.11. The highest BCUT2D eigenvalue weighted by molar-refractivity contribution is 7.99. The largest absolute Gasteiger partial charge is 0.478 e. The Morgan fingerprint density at radius 2 is 2.00 bits per heavy atom. The van der Waals surface area contributed by atoms with Crippen LogP contribution in [-0.4, -0.2) is 29.1 Å². The molecule has 2 aromatic carbocycles. The molecule has 0 radical (unpaired) electrons. The lowest BCUT2D eigenvalue weighted by atomic mass is 10.0. The van der Waals surface area contributed by atoms with Gasteiger partial charge in [0.2, 0.25) is 0 Å².